The first kappa shape index (κ1) is 12.1. The molecule has 0 saturated carbocycles. The highest BCUT2D eigenvalue weighted by Crippen LogP contribution is 2.25. The molecule has 2 N–H and O–H groups in total. The molecule has 2 aromatic rings. The van der Waals surface area contributed by atoms with Crippen LogP contribution < -0.4 is 5.73 Å². The highest BCUT2D eigenvalue weighted by Gasteiger charge is 2.03. The molecule has 0 atom stereocenters. The standard InChI is InChI=1S/C14H16N2S/c1-10-14(8-5-12(9-15)16-10)11-3-6-13(17-2)7-4-11/h3-8H,9,15H2,1-2H3. The predicted octanol–water partition coefficient (Wildman–Crippen LogP) is 3.24. The van der Waals surface area contributed by atoms with Crippen LogP contribution >= 0.6 is 11.8 Å². The summed E-state index contributed by atoms with van der Waals surface area (Å²) in [5.41, 5.74) is 9.93. The van der Waals surface area contributed by atoms with E-state index in [-0.39, 0.29) is 0 Å². The van der Waals surface area contributed by atoms with Crippen molar-refractivity contribution in [3.8, 4) is 11.1 Å². The summed E-state index contributed by atoms with van der Waals surface area (Å²) in [6.45, 7) is 2.52. The number of pyridine rings is 1. The van der Waals surface area contributed by atoms with Gasteiger partial charge < -0.3 is 5.73 Å². The van der Waals surface area contributed by atoms with E-state index in [1.54, 1.807) is 11.8 Å². The smallest absolute Gasteiger partial charge is 0.0543 e. The number of nitrogens with two attached hydrogens (primary N) is 1. The average molecular weight is 244 g/mol. The van der Waals surface area contributed by atoms with Crippen LogP contribution in [0.15, 0.2) is 41.3 Å². The summed E-state index contributed by atoms with van der Waals surface area (Å²) < 4.78 is 0. The van der Waals surface area contributed by atoms with Crippen LogP contribution in [0.1, 0.15) is 11.4 Å². The molecule has 0 aliphatic rings. The van der Waals surface area contributed by atoms with Crippen molar-refractivity contribution in [1.29, 1.82) is 0 Å². The van der Waals surface area contributed by atoms with E-state index in [0.29, 0.717) is 6.54 Å². The molecule has 0 aliphatic heterocycles. The first-order valence-electron chi connectivity index (χ1n) is 5.55. The van der Waals surface area contributed by atoms with Gasteiger partial charge in [0.15, 0.2) is 0 Å². The Balaban J connectivity index is 2.38. The van der Waals surface area contributed by atoms with Gasteiger partial charge >= 0.3 is 0 Å². The van der Waals surface area contributed by atoms with Gasteiger partial charge in [0.05, 0.1) is 5.69 Å². The lowest BCUT2D eigenvalue weighted by atomic mass is 10.0. The Labute approximate surface area is 106 Å². The molecule has 0 aliphatic carbocycles. The molecule has 1 heterocycles. The number of nitrogens with zero attached hydrogens (tertiary/aromatic N) is 1. The third kappa shape index (κ3) is 2.68. The molecular weight excluding hydrogens is 228 g/mol. The van der Waals surface area contributed by atoms with Gasteiger partial charge in [-0.1, -0.05) is 18.2 Å². The summed E-state index contributed by atoms with van der Waals surface area (Å²) in [6.07, 6.45) is 2.08. The van der Waals surface area contributed by atoms with Crippen LogP contribution in [0.4, 0.5) is 0 Å². The zero-order valence-electron chi connectivity index (χ0n) is 10.1. The van der Waals surface area contributed by atoms with Crippen LogP contribution in [0, 0.1) is 6.92 Å². The maximum atomic E-state index is 5.58. The normalized spacial score (nSPS) is 10.5. The van der Waals surface area contributed by atoms with E-state index in [1.807, 2.05) is 13.0 Å². The van der Waals surface area contributed by atoms with Crippen LogP contribution in [-0.2, 0) is 6.54 Å². The van der Waals surface area contributed by atoms with Crippen molar-refractivity contribution in [2.75, 3.05) is 6.26 Å². The molecule has 0 amide bonds. The predicted molar refractivity (Wildman–Crippen MR) is 74.1 cm³/mol. The number of aryl methyl sites for hydroxylation is 1. The van der Waals surface area contributed by atoms with Gasteiger partial charge in [-0.2, -0.15) is 0 Å². The molecule has 2 rings (SSSR count). The van der Waals surface area contributed by atoms with Crippen LogP contribution in [-0.4, -0.2) is 11.2 Å². The topological polar surface area (TPSA) is 38.9 Å². The first-order valence-corrected chi connectivity index (χ1v) is 6.78. The van der Waals surface area contributed by atoms with Crippen molar-refractivity contribution in [2.24, 2.45) is 5.73 Å². The fraction of sp³-hybridized carbons (Fsp3) is 0.214. The molecule has 88 valence electrons. The zero-order valence-corrected chi connectivity index (χ0v) is 10.9. The maximum Gasteiger partial charge on any atom is 0.0543 e. The van der Waals surface area contributed by atoms with E-state index in [2.05, 4.69) is 41.6 Å². The minimum Gasteiger partial charge on any atom is -0.325 e. The summed E-state index contributed by atoms with van der Waals surface area (Å²) >= 11 is 1.75. The molecular formula is C14H16N2S. The van der Waals surface area contributed by atoms with Crippen LogP contribution in [0.5, 0.6) is 0 Å². The Morgan fingerprint density at radius 2 is 1.82 bits per heavy atom. The lowest BCUT2D eigenvalue weighted by Crippen LogP contribution is -2.01. The Kier molecular flexibility index (Phi) is 3.82. The van der Waals surface area contributed by atoms with Gasteiger partial charge in [-0.15, -0.1) is 11.8 Å². The number of rotatable bonds is 3. The molecule has 17 heavy (non-hydrogen) atoms. The van der Waals surface area contributed by atoms with Crippen LogP contribution in [0.25, 0.3) is 11.1 Å². The fourth-order valence-electron chi connectivity index (χ4n) is 1.80. The van der Waals surface area contributed by atoms with E-state index in [0.717, 1.165) is 11.4 Å². The van der Waals surface area contributed by atoms with Gasteiger partial charge in [0.25, 0.3) is 0 Å². The second kappa shape index (κ2) is 5.34. The van der Waals surface area contributed by atoms with Gasteiger partial charge in [-0.05, 0) is 36.9 Å². The summed E-state index contributed by atoms with van der Waals surface area (Å²) in [6, 6.07) is 12.6. The van der Waals surface area contributed by atoms with E-state index in [1.165, 1.54) is 16.0 Å². The second-order valence-electron chi connectivity index (χ2n) is 3.87. The Bertz CT molecular complexity index is 506. The van der Waals surface area contributed by atoms with E-state index in [4.69, 9.17) is 5.73 Å². The summed E-state index contributed by atoms with van der Waals surface area (Å²) in [4.78, 5) is 5.76. The number of aromatic nitrogens is 1. The quantitative estimate of drug-likeness (QED) is 0.842. The highest BCUT2D eigenvalue weighted by molar-refractivity contribution is 7.98. The molecule has 0 fully saturated rings. The molecule has 0 bridgehead atoms. The fourth-order valence-corrected chi connectivity index (χ4v) is 2.21. The Hall–Kier alpha value is -1.32. The van der Waals surface area contributed by atoms with Crippen LogP contribution in [0.3, 0.4) is 0 Å². The van der Waals surface area contributed by atoms with E-state index >= 15 is 0 Å². The molecule has 0 unspecified atom stereocenters. The summed E-state index contributed by atoms with van der Waals surface area (Å²) in [5, 5.41) is 0. The molecule has 3 heteroatoms. The molecule has 0 saturated heterocycles. The van der Waals surface area contributed by atoms with Crippen molar-refractivity contribution < 1.29 is 0 Å². The minimum absolute atomic E-state index is 0.493. The monoisotopic (exact) mass is 244 g/mol. The van der Waals surface area contributed by atoms with E-state index < -0.39 is 0 Å². The molecule has 2 nitrogen and oxygen atoms in total. The molecule has 0 radical (unpaired) electrons. The third-order valence-electron chi connectivity index (χ3n) is 2.75. The second-order valence-corrected chi connectivity index (χ2v) is 4.75. The van der Waals surface area contributed by atoms with Crippen LogP contribution in [0.2, 0.25) is 0 Å². The van der Waals surface area contributed by atoms with E-state index in [9.17, 15) is 0 Å². The summed E-state index contributed by atoms with van der Waals surface area (Å²) in [7, 11) is 0. The highest BCUT2D eigenvalue weighted by atomic mass is 32.2. The number of thioether (sulfide) groups is 1. The Morgan fingerprint density at radius 3 is 2.35 bits per heavy atom. The van der Waals surface area contributed by atoms with Crippen molar-refractivity contribution >= 4 is 11.8 Å². The largest absolute Gasteiger partial charge is 0.325 e. The molecule has 0 spiro atoms. The maximum absolute atomic E-state index is 5.58. The third-order valence-corrected chi connectivity index (χ3v) is 3.50. The summed E-state index contributed by atoms with van der Waals surface area (Å²) in [5.74, 6) is 0. The minimum atomic E-state index is 0.493. The lowest BCUT2D eigenvalue weighted by Gasteiger charge is -2.07. The number of hydrogen-bond donors (Lipinski definition) is 1. The van der Waals surface area contributed by atoms with Gasteiger partial charge in [-0.25, -0.2) is 0 Å². The molecule has 1 aromatic carbocycles. The van der Waals surface area contributed by atoms with Gasteiger partial charge in [0.1, 0.15) is 0 Å². The Morgan fingerprint density at radius 1 is 1.12 bits per heavy atom. The number of benzene rings is 1. The average Bonchev–Trinajstić information content (AvgIpc) is 2.39. The number of hydrogen-bond acceptors (Lipinski definition) is 3. The van der Waals surface area contributed by atoms with Gasteiger partial charge in [0, 0.05) is 22.7 Å². The van der Waals surface area contributed by atoms with Crippen molar-refractivity contribution in [3.05, 3.63) is 47.8 Å². The van der Waals surface area contributed by atoms with Gasteiger partial charge in [-0.3, -0.25) is 4.98 Å². The van der Waals surface area contributed by atoms with Crippen molar-refractivity contribution in [1.82, 2.24) is 4.98 Å². The zero-order chi connectivity index (χ0) is 12.3. The molecule has 1 aromatic heterocycles. The van der Waals surface area contributed by atoms with Crippen molar-refractivity contribution in [2.45, 2.75) is 18.4 Å². The van der Waals surface area contributed by atoms with Gasteiger partial charge in [0.2, 0.25) is 0 Å². The van der Waals surface area contributed by atoms with Crippen molar-refractivity contribution in [3.63, 3.8) is 0 Å². The lowest BCUT2D eigenvalue weighted by molar-refractivity contribution is 0.971. The first-order chi connectivity index (χ1) is 8.24. The SMILES string of the molecule is CSc1ccc(-c2ccc(CN)nc2C)cc1.